The number of hydrogen-bond donors (Lipinski definition) is 1. The Morgan fingerprint density at radius 3 is 3.00 bits per heavy atom. The topological polar surface area (TPSA) is 59.9 Å². The summed E-state index contributed by atoms with van der Waals surface area (Å²) in [6, 6.07) is 4.04. The largest absolute Gasteiger partial charge is 0.376 e. The van der Waals surface area contributed by atoms with E-state index in [-0.39, 0.29) is 0 Å². The Hall–Kier alpha value is -2.01. The summed E-state index contributed by atoms with van der Waals surface area (Å²) in [7, 11) is 0. The molecular weight excluding hydrogens is 264 g/mol. The van der Waals surface area contributed by atoms with E-state index in [1.54, 1.807) is 6.20 Å². The van der Waals surface area contributed by atoms with E-state index in [0.29, 0.717) is 12.4 Å². The molecule has 0 fully saturated rings. The molecule has 0 bridgehead atoms. The number of pyridine rings is 1. The summed E-state index contributed by atoms with van der Waals surface area (Å²) in [6.07, 6.45) is 3.55. The van der Waals surface area contributed by atoms with Gasteiger partial charge in [-0.15, -0.1) is 0 Å². The summed E-state index contributed by atoms with van der Waals surface area (Å²) in [6.45, 7) is 6.32. The first kappa shape index (κ1) is 13.9. The number of rotatable bonds is 4. The van der Waals surface area contributed by atoms with Crippen molar-refractivity contribution in [3.8, 4) is 11.5 Å². The van der Waals surface area contributed by atoms with Crippen LogP contribution in [0.1, 0.15) is 30.7 Å². The van der Waals surface area contributed by atoms with Gasteiger partial charge in [-0.2, -0.15) is 0 Å². The third-order valence-corrected chi connectivity index (χ3v) is 3.65. The van der Waals surface area contributed by atoms with Gasteiger partial charge in [-0.1, -0.05) is 13.0 Å². The molecule has 0 radical (unpaired) electrons. The summed E-state index contributed by atoms with van der Waals surface area (Å²) in [5, 5.41) is 3.32. The molecule has 5 nitrogen and oxygen atoms in total. The molecule has 1 aliphatic heterocycles. The van der Waals surface area contributed by atoms with E-state index in [4.69, 9.17) is 9.72 Å². The number of anilines is 1. The molecule has 3 rings (SSSR count). The molecule has 5 heteroatoms. The summed E-state index contributed by atoms with van der Waals surface area (Å²) in [4.78, 5) is 13.9. The maximum absolute atomic E-state index is 5.54. The predicted molar refractivity (Wildman–Crippen MR) is 82.2 cm³/mol. The van der Waals surface area contributed by atoms with Gasteiger partial charge < -0.3 is 10.1 Å². The molecule has 1 N–H and O–H groups in total. The molecule has 3 heterocycles. The van der Waals surface area contributed by atoms with Crippen LogP contribution in [0.25, 0.3) is 11.5 Å². The van der Waals surface area contributed by atoms with Crippen LogP contribution in [0.3, 0.4) is 0 Å². The van der Waals surface area contributed by atoms with Crippen molar-refractivity contribution in [1.82, 2.24) is 15.0 Å². The van der Waals surface area contributed by atoms with Gasteiger partial charge in [0.2, 0.25) is 0 Å². The van der Waals surface area contributed by atoms with E-state index in [2.05, 4.69) is 35.2 Å². The zero-order valence-electron chi connectivity index (χ0n) is 12.5. The van der Waals surface area contributed by atoms with E-state index in [1.165, 1.54) is 5.56 Å². The molecule has 21 heavy (non-hydrogen) atoms. The molecule has 0 unspecified atom stereocenters. The van der Waals surface area contributed by atoms with Gasteiger partial charge in [0.15, 0.2) is 5.82 Å². The van der Waals surface area contributed by atoms with Crippen molar-refractivity contribution in [3.63, 3.8) is 0 Å². The SMILES string of the molecule is CCNc1nc(-c2ncccc2CC)nc2c1COCC2. The lowest BCUT2D eigenvalue weighted by Gasteiger charge is -2.20. The first-order chi connectivity index (χ1) is 10.3. The van der Waals surface area contributed by atoms with Crippen LogP contribution >= 0.6 is 0 Å². The number of fused-ring (bicyclic) bond motifs is 1. The van der Waals surface area contributed by atoms with E-state index in [1.807, 2.05) is 6.07 Å². The molecule has 0 atom stereocenters. The third kappa shape index (κ3) is 2.74. The number of ether oxygens (including phenoxy) is 1. The highest BCUT2D eigenvalue weighted by Crippen LogP contribution is 2.26. The number of hydrogen-bond acceptors (Lipinski definition) is 5. The van der Waals surface area contributed by atoms with Crippen molar-refractivity contribution >= 4 is 5.82 Å². The molecular formula is C16H20N4O. The number of nitrogens with zero attached hydrogens (tertiary/aromatic N) is 3. The highest BCUT2D eigenvalue weighted by Gasteiger charge is 2.19. The molecule has 0 saturated heterocycles. The minimum atomic E-state index is 0.584. The predicted octanol–water partition coefficient (Wildman–Crippen LogP) is 2.61. The minimum absolute atomic E-state index is 0.584. The first-order valence-electron chi connectivity index (χ1n) is 7.49. The van der Waals surface area contributed by atoms with Crippen LogP contribution in [0.4, 0.5) is 5.82 Å². The number of aryl methyl sites for hydroxylation is 1. The molecule has 0 amide bonds. The normalized spacial score (nSPS) is 13.8. The Bertz CT molecular complexity index is 642. The van der Waals surface area contributed by atoms with E-state index in [0.717, 1.165) is 48.8 Å². The van der Waals surface area contributed by atoms with Gasteiger partial charge in [0.05, 0.1) is 18.9 Å². The van der Waals surface area contributed by atoms with Crippen LogP contribution in [0.2, 0.25) is 0 Å². The lowest BCUT2D eigenvalue weighted by Crippen LogP contribution is -2.17. The Morgan fingerprint density at radius 1 is 1.29 bits per heavy atom. The number of nitrogens with one attached hydrogen (secondary N) is 1. The Labute approximate surface area is 124 Å². The average molecular weight is 284 g/mol. The molecule has 0 aromatic carbocycles. The smallest absolute Gasteiger partial charge is 0.180 e. The number of aromatic nitrogens is 3. The Balaban J connectivity index is 2.12. The van der Waals surface area contributed by atoms with Gasteiger partial charge in [-0.3, -0.25) is 4.98 Å². The summed E-state index contributed by atoms with van der Waals surface area (Å²) >= 11 is 0. The fourth-order valence-electron chi connectivity index (χ4n) is 2.58. The van der Waals surface area contributed by atoms with Gasteiger partial charge in [0.25, 0.3) is 0 Å². The Morgan fingerprint density at radius 2 is 2.19 bits per heavy atom. The molecule has 2 aromatic heterocycles. The monoisotopic (exact) mass is 284 g/mol. The third-order valence-electron chi connectivity index (χ3n) is 3.65. The zero-order chi connectivity index (χ0) is 14.7. The van der Waals surface area contributed by atoms with Crippen molar-refractivity contribution in [2.75, 3.05) is 18.5 Å². The molecule has 2 aromatic rings. The lowest BCUT2D eigenvalue weighted by atomic mass is 10.1. The Kier molecular flexibility index (Phi) is 4.10. The summed E-state index contributed by atoms with van der Waals surface area (Å²) in [5.41, 5.74) is 4.22. The van der Waals surface area contributed by atoms with E-state index in [9.17, 15) is 0 Å². The van der Waals surface area contributed by atoms with Crippen LogP contribution in [-0.4, -0.2) is 28.1 Å². The highest BCUT2D eigenvalue weighted by atomic mass is 16.5. The maximum Gasteiger partial charge on any atom is 0.180 e. The van der Waals surface area contributed by atoms with E-state index >= 15 is 0 Å². The minimum Gasteiger partial charge on any atom is -0.376 e. The van der Waals surface area contributed by atoms with Gasteiger partial charge >= 0.3 is 0 Å². The molecule has 0 aliphatic carbocycles. The van der Waals surface area contributed by atoms with Crippen LogP contribution in [0.15, 0.2) is 18.3 Å². The second-order valence-electron chi connectivity index (χ2n) is 5.02. The van der Waals surface area contributed by atoms with Crippen LogP contribution in [-0.2, 0) is 24.2 Å². The van der Waals surface area contributed by atoms with Crippen molar-refractivity contribution in [3.05, 3.63) is 35.2 Å². The van der Waals surface area contributed by atoms with Crippen molar-refractivity contribution in [2.45, 2.75) is 33.3 Å². The summed E-state index contributed by atoms with van der Waals surface area (Å²) < 4.78 is 5.54. The molecule has 0 spiro atoms. The van der Waals surface area contributed by atoms with Crippen LogP contribution < -0.4 is 5.32 Å². The second kappa shape index (κ2) is 6.18. The molecule has 0 saturated carbocycles. The second-order valence-corrected chi connectivity index (χ2v) is 5.02. The van der Waals surface area contributed by atoms with Gasteiger partial charge in [-0.25, -0.2) is 9.97 Å². The highest BCUT2D eigenvalue weighted by molar-refractivity contribution is 5.60. The van der Waals surface area contributed by atoms with Gasteiger partial charge in [0.1, 0.15) is 11.5 Å². The average Bonchev–Trinajstić information content (AvgIpc) is 2.55. The van der Waals surface area contributed by atoms with Crippen molar-refractivity contribution < 1.29 is 4.74 Å². The maximum atomic E-state index is 5.54. The fraction of sp³-hybridized carbons (Fsp3) is 0.438. The summed E-state index contributed by atoms with van der Waals surface area (Å²) in [5.74, 6) is 1.59. The zero-order valence-corrected chi connectivity index (χ0v) is 12.5. The molecule has 110 valence electrons. The standard InChI is InChI=1S/C16H20N4O/c1-3-11-6-5-8-18-14(11)16-19-13-7-9-21-10-12(13)15(20-16)17-4-2/h5-6,8H,3-4,7,9-10H2,1-2H3,(H,17,19,20). The lowest BCUT2D eigenvalue weighted by molar-refractivity contribution is 0.109. The van der Waals surface area contributed by atoms with Crippen molar-refractivity contribution in [2.24, 2.45) is 0 Å². The van der Waals surface area contributed by atoms with Crippen LogP contribution in [0, 0.1) is 0 Å². The van der Waals surface area contributed by atoms with Crippen molar-refractivity contribution in [1.29, 1.82) is 0 Å². The van der Waals surface area contributed by atoms with Crippen LogP contribution in [0.5, 0.6) is 0 Å². The van der Waals surface area contributed by atoms with Gasteiger partial charge in [0, 0.05) is 24.7 Å². The quantitative estimate of drug-likeness (QED) is 0.935. The van der Waals surface area contributed by atoms with Gasteiger partial charge in [-0.05, 0) is 25.0 Å². The molecule has 1 aliphatic rings. The van der Waals surface area contributed by atoms with E-state index < -0.39 is 0 Å². The fourth-order valence-corrected chi connectivity index (χ4v) is 2.58. The first-order valence-corrected chi connectivity index (χ1v) is 7.49.